The van der Waals surface area contributed by atoms with Crippen LogP contribution in [0.5, 0.6) is 0 Å². The van der Waals surface area contributed by atoms with Crippen molar-refractivity contribution < 1.29 is 9.53 Å². The molecule has 86 valence electrons. The molecule has 1 fully saturated rings. The zero-order valence-electron chi connectivity index (χ0n) is 9.22. The smallest absolute Gasteiger partial charge is 0.270 e. The van der Waals surface area contributed by atoms with Crippen LogP contribution in [0.25, 0.3) is 10.8 Å². The highest BCUT2D eigenvalue weighted by Gasteiger charge is 2.22. The maximum atomic E-state index is 12.0. The molecule has 1 N–H and O–H groups in total. The molecule has 1 saturated heterocycles. The Balaban J connectivity index is 1.95. The fourth-order valence-electron chi connectivity index (χ4n) is 1.87. The molecule has 0 saturated carbocycles. The van der Waals surface area contributed by atoms with E-state index < -0.39 is 0 Å². The molecule has 1 aromatic heterocycles. The molecule has 0 bridgehead atoms. The largest absolute Gasteiger partial charge is 0.377 e. The number of hydrogen-bond acceptors (Lipinski definition) is 3. The third kappa shape index (κ3) is 1.87. The Labute approximate surface area is 98.6 Å². The number of aromatic nitrogens is 1. The van der Waals surface area contributed by atoms with Crippen molar-refractivity contribution in [1.82, 2.24) is 10.3 Å². The Hall–Kier alpha value is -1.94. The van der Waals surface area contributed by atoms with E-state index in [2.05, 4.69) is 10.3 Å². The van der Waals surface area contributed by atoms with Crippen molar-refractivity contribution in [3.05, 3.63) is 42.2 Å². The minimum Gasteiger partial charge on any atom is -0.377 e. The molecule has 3 rings (SSSR count). The highest BCUT2D eigenvalue weighted by molar-refractivity contribution is 6.05. The average Bonchev–Trinajstić information content (AvgIpc) is 2.33. The van der Waals surface area contributed by atoms with Gasteiger partial charge in [-0.15, -0.1) is 0 Å². The lowest BCUT2D eigenvalue weighted by Gasteiger charge is -2.26. The fourth-order valence-corrected chi connectivity index (χ4v) is 1.87. The number of ether oxygens (including phenoxy) is 1. The molecule has 2 heterocycles. The van der Waals surface area contributed by atoms with Gasteiger partial charge in [-0.1, -0.05) is 24.3 Å². The Morgan fingerprint density at radius 3 is 2.88 bits per heavy atom. The lowest BCUT2D eigenvalue weighted by molar-refractivity contribution is -0.00351. The molecular weight excluding hydrogens is 216 g/mol. The van der Waals surface area contributed by atoms with Gasteiger partial charge < -0.3 is 10.1 Å². The van der Waals surface area contributed by atoms with Crippen LogP contribution in [0.1, 0.15) is 10.5 Å². The summed E-state index contributed by atoms with van der Waals surface area (Å²) in [6.07, 6.45) is 1.66. The van der Waals surface area contributed by atoms with Crippen LogP contribution in [0.15, 0.2) is 36.5 Å². The highest BCUT2D eigenvalue weighted by atomic mass is 16.5. The SMILES string of the molecule is O=C(NC1COC1)c1nccc2ccccc12. The second-order valence-electron chi connectivity index (χ2n) is 4.09. The number of rotatable bonds is 2. The van der Waals surface area contributed by atoms with E-state index in [4.69, 9.17) is 4.74 Å². The van der Waals surface area contributed by atoms with Crippen molar-refractivity contribution in [2.45, 2.75) is 6.04 Å². The average molecular weight is 228 g/mol. The first-order valence-electron chi connectivity index (χ1n) is 5.57. The van der Waals surface area contributed by atoms with Gasteiger partial charge in [-0.2, -0.15) is 0 Å². The van der Waals surface area contributed by atoms with Crippen LogP contribution in [-0.4, -0.2) is 30.1 Å². The fraction of sp³-hybridized carbons (Fsp3) is 0.231. The predicted octanol–water partition coefficient (Wildman–Crippen LogP) is 1.36. The second-order valence-corrected chi connectivity index (χ2v) is 4.09. The summed E-state index contributed by atoms with van der Waals surface area (Å²) in [5.74, 6) is -0.130. The van der Waals surface area contributed by atoms with E-state index >= 15 is 0 Å². The van der Waals surface area contributed by atoms with E-state index in [1.165, 1.54) is 0 Å². The summed E-state index contributed by atoms with van der Waals surface area (Å²) in [7, 11) is 0. The summed E-state index contributed by atoms with van der Waals surface area (Å²) in [6, 6.07) is 9.77. The Morgan fingerprint density at radius 1 is 1.29 bits per heavy atom. The van der Waals surface area contributed by atoms with E-state index in [9.17, 15) is 4.79 Å². The van der Waals surface area contributed by atoms with Gasteiger partial charge in [0, 0.05) is 11.6 Å². The van der Waals surface area contributed by atoms with Gasteiger partial charge in [0.1, 0.15) is 5.69 Å². The van der Waals surface area contributed by atoms with Crippen LogP contribution in [0.3, 0.4) is 0 Å². The van der Waals surface area contributed by atoms with E-state index in [1.807, 2.05) is 30.3 Å². The summed E-state index contributed by atoms with van der Waals surface area (Å²) >= 11 is 0. The molecule has 0 radical (unpaired) electrons. The van der Waals surface area contributed by atoms with Crippen LogP contribution in [0.4, 0.5) is 0 Å². The number of pyridine rings is 1. The number of fused-ring (bicyclic) bond motifs is 1. The first-order valence-corrected chi connectivity index (χ1v) is 5.57. The Kier molecular flexibility index (Phi) is 2.49. The van der Waals surface area contributed by atoms with Crippen molar-refractivity contribution in [2.24, 2.45) is 0 Å². The number of nitrogens with zero attached hydrogens (tertiary/aromatic N) is 1. The summed E-state index contributed by atoms with van der Waals surface area (Å²) in [5.41, 5.74) is 0.481. The van der Waals surface area contributed by atoms with Crippen LogP contribution < -0.4 is 5.32 Å². The Bertz CT molecular complexity index is 559. The molecule has 2 aromatic rings. The first-order chi connectivity index (χ1) is 8.34. The van der Waals surface area contributed by atoms with Gasteiger partial charge in [-0.05, 0) is 11.5 Å². The van der Waals surface area contributed by atoms with E-state index in [1.54, 1.807) is 6.20 Å². The molecule has 4 heteroatoms. The highest BCUT2D eigenvalue weighted by Crippen LogP contribution is 2.16. The normalized spacial score (nSPS) is 15.5. The maximum Gasteiger partial charge on any atom is 0.270 e. The summed E-state index contributed by atoms with van der Waals surface area (Å²) in [6.45, 7) is 1.19. The molecule has 0 unspecified atom stereocenters. The minimum absolute atomic E-state index is 0.128. The van der Waals surface area contributed by atoms with Gasteiger partial charge >= 0.3 is 0 Å². The van der Waals surface area contributed by atoms with Crippen molar-refractivity contribution >= 4 is 16.7 Å². The number of nitrogens with one attached hydrogen (secondary N) is 1. The maximum absolute atomic E-state index is 12.0. The van der Waals surface area contributed by atoms with Crippen molar-refractivity contribution in [3.63, 3.8) is 0 Å². The quantitative estimate of drug-likeness (QED) is 0.844. The molecular formula is C13H12N2O2. The number of hydrogen-bond donors (Lipinski definition) is 1. The van der Waals surface area contributed by atoms with Gasteiger partial charge in [0.15, 0.2) is 0 Å². The summed E-state index contributed by atoms with van der Waals surface area (Å²) < 4.78 is 5.02. The second kappa shape index (κ2) is 4.14. The van der Waals surface area contributed by atoms with Crippen molar-refractivity contribution in [1.29, 1.82) is 0 Å². The zero-order chi connectivity index (χ0) is 11.7. The van der Waals surface area contributed by atoms with E-state index in [-0.39, 0.29) is 11.9 Å². The van der Waals surface area contributed by atoms with Crippen LogP contribution in [0, 0.1) is 0 Å². The van der Waals surface area contributed by atoms with Crippen LogP contribution in [0.2, 0.25) is 0 Å². The van der Waals surface area contributed by atoms with E-state index in [0.717, 1.165) is 10.8 Å². The van der Waals surface area contributed by atoms with Gasteiger partial charge in [0.2, 0.25) is 0 Å². The van der Waals surface area contributed by atoms with E-state index in [0.29, 0.717) is 18.9 Å². The number of benzene rings is 1. The zero-order valence-corrected chi connectivity index (χ0v) is 9.22. The van der Waals surface area contributed by atoms with Gasteiger partial charge in [0.25, 0.3) is 5.91 Å². The molecule has 1 aliphatic heterocycles. The minimum atomic E-state index is -0.130. The van der Waals surface area contributed by atoms with Gasteiger partial charge in [-0.25, -0.2) is 0 Å². The number of amides is 1. The van der Waals surface area contributed by atoms with Crippen LogP contribution >= 0.6 is 0 Å². The monoisotopic (exact) mass is 228 g/mol. The van der Waals surface area contributed by atoms with Crippen molar-refractivity contribution in [3.8, 4) is 0 Å². The lowest BCUT2D eigenvalue weighted by Crippen LogP contribution is -2.48. The molecule has 1 aromatic carbocycles. The van der Waals surface area contributed by atoms with Gasteiger partial charge in [0.05, 0.1) is 19.3 Å². The summed E-state index contributed by atoms with van der Waals surface area (Å²) in [5, 5.41) is 4.81. The van der Waals surface area contributed by atoms with Crippen molar-refractivity contribution in [2.75, 3.05) is 13.2 Å². The molecule has 4 nitrogen and oxygen atoms in total. The molecule has 0 aliphatic carbocycles. The third-order valence-corrected chi connectivity index (χ3v) is 2.86. The first kappa shape index (κ1) is 10.2. The lowest BCUT2D eigenvalue weighted by atomic mass is 10.1. The van der Waals surface area contributed by atoms with Crippen LogP contribution in [-0.2, 0) is 4.74 Å². The standard InChI is InChI=1S/C13H12N2O2/c16-13(15-10-7-17-8-10)12-11-4-2-1-3-9(11)5-6-14-12/h1-6,10H,7-8H2,(H,15,16). The predicted molar refractivity (Wildman–Crippen MR) is 63.8 cm³/mol. The van der Waals surface area contributed by atoms with Gasteiger partial charge in [-0.3, -0.25) is 9.78 Å². The molecule has 0 atom stereocenters. The molecule has 1 aliphatic rings. The molecule has 17 heavy (non-hydrogen) atoms. The Morgan fingerprint density at radius 2 is 2.12 bits per heavy atom. The molecule has 1 amide bonds. The summed E-state index contributed by atoms with van der Waals surface area (Å²) in [4.78, 5) is 16.2. The molecule has 0 spiro atoms. The number of carbonyl (C=O) groups is 1. The topological polar surface area (TPSA) is 51.2 Å². The third-order valence-electron chi connectivity index (χ3n) is 2.86. The number of carbonyl (C=O) groups excluding carboxylic acids is 1.